The molecule has 0 spiro atoms. The van der Waals surface area contributed by atoms with Crippen molar-refractivity contribution in [3.05, 3.63) is 72.9 Å². The Kier molecular flexibility index (Phi) is 7.88. The molecule has 0 bridgehead atoms. The molecule has 1 aliphatic carbocycles. The van der Waals surface area contributed by atoms with E-state index in [-0.39, 0.29) is 5.91 Å². The summed E-state index contributed by atoms with van der Waals surface area (Å²) in [5.41, 5.74) is 2.10. The molecule has 1 heterocycles. The lowest BCUT2D eigenvalue weighted by Gasteiger charge is -2.34. The highest BCUT2D eigenvalue weighted by molar-refractivity contribution is 5.96. The fraction of sp³-hybridized carbons (Fsp3) is 0.500. The summed E-state index contributed by atoms with van der Waals surface area (Å²) in [7, 11) is 1.94. The quantitative estimate of drug-likeness (QED) is 0.466. The van der Waals surface area contributed by atoms with E-state index < -0.39 is 0 Å². The van der Waals surface area contributed by atoms with Gasteiger partial charge in [0.25, 0.3) is 5.91 Å². The maximum atomic E-state index is 12.7. The molecule has 1 aromatic rings. The van der Waals surface area contributed by atoms with Crippen LogP contribution in [-0.4, -0.2) is 48.4 Å². The second-order valence-electron chi connectivity index (χ2n) is 8.74. The average molecular weight is 393 g/mol. The van der Waals surface area contributed by atoms with Gasteiger partial charge in [0.15, 0.2) is 0 Å². The summed E-state index contributed by atoms with van der Waals surface area (Å²) in [5, 5.41) is 0. The predicted molar refractivity (Wildman–Crippen MR) is 122 cm³/mol. The molecule has 0 N–H and O–H groups in total. The van der Waals surface area contributed by atoms with Crippen molar-refractivity contribution in [1.29, 1.82) is 0 Å². The minimum absolute atomic E-state index is 0.0623. The van der Waals surface area contributed by atoms with E-state index in [9.17, 15) is 4.79 Å². The first-order valence-corrected chi connectivity index (χ1v) is 11.1. The Hall–Kier alpha value is -2.13. The lowest BCUT2D eigenvalue weighted by atomic mass is 9.89. The third-order valence-corrected chi connectivity index (χ3v) is 6.74. The normalized spacial score (nSPS) is 23.7. The molecule has 1 amide bonds. The van der Waals surface area contributed by atoms with Gasteiger partial charge in [-0.05, 0) is 69.0 Å². The van der Waals surface area contributed by atoms with E-state index in [4.69, 9.17) is 0 Å². The highest BCUT2D eigenvalue weighted by Gasteiger charge is 2.32. The summed E-state index contributed by atoms with van der Waals surface area (Å²) in [6.07, 6.45) is 12.3. The molecule has 2 aliphatic rings. The van der Waals surface area contributed by atoms with E-state index in [1.54, 1.807) is 18.2 Å². The van der Waals surface area contributed by atoms with E-state index >= 15 is 0 Å². The summed E-state index contributed by atoms with van der Waals surface area (Å²) in [5.74, 6) is 1.59. The Morgan fingerprint density at radius 2 is 1.83 bits per heavy atom. The third kappa shape index (κ3) is 5.93. The van der Waals surface area contributed by atoms with Crippen LogP contribution >= 0.6 is 0 Å². The van der Waals surface area contributed by atoms with Crippen molar-refractivity contribution in [2.45, 2.75) is 44.6 Å². The summed E-state index contributed by atoms with van der Waals surface area (Å²) in [6, 6.07) is 11.2. The minimum Gasteiger partial charge on any atom is -0.339 e. The van der Waals surface area contributed by atoms with Crippen LogP contribution in [0, 0.1) is 11.8 Å². The Morgan fingerprint density at radius 3 is 2.48 bits per heavy atom. The number of amides is 1. The van der Waals surface area contributed by atoms with Crippen LogP contribution in [0.3, 0.4) is 0 Å². The molecule has 3 heteroatoms. The summed E-state index contributed by atoms with van der Waals surface area (Å²) in [6.45, 7) is 11.1. The van der Waals surface area contributed by atoms with Crippen LogP contribution in [0.5, 0.6) is 0 Å². The molecule has 0 aromatic heterocycles. The first-order chi connectivity index (χ1) is 14.1. The van der Waals surface area contributed by atoms with E-state index in [1.807, 2.05) is 11.9 Å². The van der Waals surface area contributed by atoms with Crippen LogP contribution in [0.2, 0.25) is 0 Å². The highest BCUT2D eigenvalue weighted by Crippen LogP contribution is 2.31. The second-order valence-corrected chi connectivity index (χ2v) is 8.74. The van der Waals surface area contributed by atoms with Crippen LogP contribution in [-0.2, 0) is 11.2 Å². The second kappa shape index (κ2) is 10.6. The zero-order valence-electron chi connectivity index (χ0n) is 17.9. The Morgan fingerprint density at radius 1 is 1.10 bits per heavy atom. The molecule has 1 aromatic carbocycles. The number of hydrogen-bond acceptors (Lipinski definition) is 2. The molecule has 3 nitrogen and oxygen atoms in total. The number of allylic oxidation sites excluding steroid dienone is 2. The summed E-state index contributed by atoms with van der Waals surface area (Å²) >= 11 is 0. The number of likely N-dealkylation sites (tertiary alicyclic amines) is 1. The number of carbonyl (C=O) groups is 1. The van der Waals surface area contributed by atoms with E-state index in [1.165, 1.54) is 50.9 Å². The van der Waals surface area contributed by atoms with Gasteiger partial charge in [-0.3, -0.25) is 4.79 Å². The molecule has 3 rings (SSSR count). The van der Waals surface area contributed by atoms with Gasteiger partial charge in [-0.1, -0.05) is 61.7 Å². The van der Waals surface area contributed by atoms with Crippen molar-refractivity contribution in [1.82, 2.24) is 9.80 Å². The lowest BCUT2D eigenvalue weighted by Crippen LogP contribution is -2.38. The molecule has 156 valence electrons. The molecule has 2 atom stereocenters. The van der Waals surface area contributed by atoms with Crippen molar-refractivity contribution in [2.75, 3.05) is 26.7 Å². The van der Waals surface area contributed by atoms with Crippen molar-refractivity contribution in [3.8, 4) is 0 Å². The standard InChI is InChI=1S/C26H36N2O/c1-4-9-24(5-2)26(29)27(3)25-13-12-23(19-25)20-28-16-14-22(15-17-28)18-21-10-7-6-8-11-21/h4-11,22-23,25H,1-2,12-20H2,3H3/b24-9+/t23-,25?/m1/s1. The topological polar surface area (TPSA) is 23.6 Å². The predicted octanol–water partition coefficient (Wildman–Crippen LogP) is 4.87. The van der Waals surface area contributed by atoms with Crippen molar-refractivity contribution >= 4 is 5.91 Å². The van der Waals surface area contributed by atoms with Crippen molar-refractivity contribution in [3.63, 3.8) is 0 Å². The smallest absolute Gasteiger partial charge is 0.253 e. The van der Waals surface area contributed by atoms with Crippen LogP contribution in [0.15, 0.2) is 67.3 Å². The summed E-state index contributed by atoms with van der Waals surface area (Å²) in [4.78, 5) is 17.2. The fourth-order valence-corrected chi connectivity index (χ4v) is 4.97. The first kappa shape index (κ1) is 21.6. The monoisotopic (exact) mass is 392 g/mol. The maximum absolute atomic E-state index is 12.7. The van der Waals surface area contributed by atoms with Crippen LogP contribution in [0.25, 0.3) is 0 Å². The molecular weight excluding hydrogens is 356 g/mol. The van der Waals surface area contributed by atoms with Crippen molar-refractivity contribution < 1.29 is 4.79 Å². The van der Waals surface area contributed by atoms with Gasteiger partial charge < -0.3 is 9.80 Å². The lowest BCUT2D eigenvalue weighted by molar-refractivity contribution is -0.127. The Balaban J connectivity index is 1.42. The molecule has 1 saturated heterocycles. The number of rotatable bonds is 8. The number of benzene rings is 1. The zero-order valence-corrected chi connectivity index (χ0v) is 17.9. The van der Waals surface area contributed by atoms with Gasteiger partial charge >= 0.3 is 0 Å². The molecule has 1 saturated carbocycles. The summed E-state index contributed by atoms with van der Waals surface area (Å²) < 4.78 is 0. The third-order valence-electron chi connectivity index (χ3n) is 6.74. The zero-order chi connectivity index (χ0) is 20.6. The first-order valence-electron chi connectivity index (χ1n) is 11.1. The van der Waals surface area contributed by atoms with Crippen LogP contribution < -0.4 is 0 Å². The van der Waals surface area contributed by atoms with Gasteiger partial charge in [0.05, 0.1) is 0 Å². The van der Waals surface area contributed by atoms with Gasteiger partial charge in [-0.25, -0.2) is 0 Å². The van der Waals surface area contributed by atoms with E-state index in [0.29, 0.717) is 17.5 Å². The Bertz CT molecular complexity index is 715. The maximum Gasteiger partial charge on any atom is 0.253 e. The molecule has 1 aliphatic heterocycles. The largest absolute Gasteiger partial charge is 0.339 e. The molecule has 1 unspecified atom stereocenters. The van der Waals surface area contributed by atoms with Gasteiger partial charge in [0.1, 0.15) is 0 Å². The number of carbonyl (C=O) groups excluding carboxylic acids is 1. The van der Waals surface area contributed by atoms with Gasteiger partial charge in [0, 0.05) is 25.2 Å². The SMILES string of the molecule is C=C/C=C(\C=C)C(=O)N(C)C1CC[C@@H](CN2CCC(Cc3ccccc3)CC2)C1. The van der Waals surface area contributed by atoms with Crippen LogP contribution in [0.4, 0.5) is 0 Å². The van der Waals surface area contributed by atoms with Crippen LogP contribution in [0.1, 0.15) is 37.7 Å². The molecular formula is C26H36N2O. The molecule has 29 heavy (non-hydrogen) atoms. The average Bonchev–Trinajstić information content (AvgIpc) is 3.21. The molecule has 0 radical (unpaired) electrons. The van der Waals surface area contributed by atoms with E-state index in [0.717, 1.165) is 18.8 Å². The minimum atomic E-state index is 0.0623. The number of likely N-dealkylation sites (N-methyl/N-ethyl adjacent to an activating group) is 1. The van der Waals surface area contributed by atoms with Gasteiger partial charge in [-0.15, -0.1) is 0 Å². The molecule has 2 fully saturated rings. The highest BCUT2D eigenvalue weighted by atomic mass is 16.2. The fourth-order valence-electron chi connectivity index (χ4n) is 4.97. The number of hydrogen-bond donors (Lipinski definition) is 0. The Labute approximate surface area is 176 Å². The number of piperidine rings is 1. The number of nitrogens with zero attached hydrogens (tertiary/aromatic N) is 2. The van der Waals surface area contributed by atoms with Crippen molar-refractivity contribution in [2.24, 2.45) is 11.8 Å². The van der Waals surface area contributed by atoms with Gasteiger partial charge in [-0.2, -0.15) is 0 Å². The van der Waals surface area contributed by atoms with Gasteiger partial charge in [0.2, 0.25) is 0 Å². The van der Waals surface area contributed by atoms with E-state index in [2.05, 4.69) is 48.4 Å².